The van der Waals surface area contributed by atoms with Gasteiger partial charge in [0.1, 0.15) is 0 Å². The number of nitrogens with zero attached hydrogens (tertiary/aromatic N) is 1. The van der Waals surface area contributed by atoms with E-state index < -0.39 is 10.0 Å². The number of sulfonamides is 1. The highest BCUT2D eigenvalue weighted by atomic mass is 35.5. The second-order valence-corrected chi connectivity index (χ2v) is 6.83. The standard InChI is InChI=1S/C16H17ClN2O5S/c1-22-14-9-4-11(15(23-2)16(14)24-3)10-18-19-25(20,21)13-7-5-12(17)6-8-13/h4-10,19H,1-3H3. The summed E-state index contributed by atoms with van der Waals surface area (Å²) in [4.78, 5) is 2.18. The van der Waals surface area contributed by atoms with Gasteiger partial charge in [-0.1, -0.05) is 11.6 Å². The van der Waals surface area contributed by atoms with Gasteiger partial charge in [0.15, 0.2) is 11.5 Å². The number of ether oxygens (including phenoxy) is 3. The first-order valence-electron chi connectivity index (χ1n) is 7.02. The third-order valence-electron chi connectivity index (χ3n) is 3.24. The van der Waals surface area contributed by atoms with Crippen molar-refractivity contribution in [2.75, 3.05) is 21.3 Å². The van der Waals surface area contributed by atoms with Gasteiger partial charge in [0.25, 0.3) is 10.0 Å². The maximum Gasteiger partial charge on any atom is 0.276 e. The molecule has 0 radical (unpaired) electrons. The molecule has 0 saturated heterocycles. The van der Waals surface area contributed by atoms with Gasteiger partial charge in [-0.15, -0.1) is 0 Å². The number of nitrogens with one attached hydrogen (secondary N) is 1. The number of benzene rings is 2. The fraction of sp³-hybridized carbons (Fsp3) is 0.188. The van der Waals surface area contributed by atoms with Crippen molar-refractivity contribution in [3.05, 3.63) is 47.0 Å². The maximum absolute atomic E-state index is 12.2. The molecule has 2 rings (SSSR count). The van der Waals surface area contributed by atoms with Crippen LogP contribution >= 0.6 is 11.6 Å². The largest absolute Gasteiger partial charge is 0.493 e. The van der Waals surface area contributed by atoms with E-state index in [1.807, 2.05) is 0 Å². The van der Waals surface area contributed by atoms with Crippen molar-refractivity contribution in [3.8, 4) is 17.2 Å². The van der Waals surface area contributed by atoms with Gasteiger partial charge < -0.3 is 14.2 Å². The van der Waals surface area contributed by atoms with Gasteiger partial charge in [-0.25, -0.2) is 4.83 Å². The smallest absolute Gasteiger partial charge is 0.276 e. The Bertz CT molecular complexity index is 867. The number of halogens is 1. The molecule has 0 heterocycles. The van der Waals surface area contributed by atoms with E-state index in [0.29, 0.717) is 27.8 Å². The molecule has 0 aromatic heterocycles. The van der Waals surface area contributed by atoms with Crippen molar-refractivity contribution < 1.29 is 22.6 Å². The number of hydrazone groups is 1. The Hall–Kier alpha value is -2.45. The summed E-state index contributed by atoms with van der Waals surface area (Å²) in [5, 5.41) is 4.22. The Labute approximate surface area is 151 Å². The predicted octanol–water partition coefficient (Wildman–Crippen LogP) is 2.68. The van der Waals surface area contributed by atoms with E-state index in [-0.39, 0.29) is 4.90 Å². The van der Waals surface area contributed by atoms with Crippen LogP contribution in [0, 0.1) is 0 Å². The SMILES string of the molecule is COc1ccc(C=NNS(=O)(=O)c2ccc(Cl)cc2)c(OC)c1OC. The Morgan fingerprint density at radius 2 is 1.60 bits per heavy atom. The average molecular weight is 385 g/mol. The number of hydrogen-bond acceptors (Lipinski definition) is 6. The highest BCUT2D eigenvalue weighted by Crippen LogP contribution is 2.38. The van der Waals surface area contributed by atoms with E-state index in [2.05, 4.69) is 9.93 Å². The van der Waals surface area contributed by atoms with Gasteiger partial charge in [0.2, 0.25) is 5.75 Å². The summed E-state index contributed by atoms with van der Waals surface area (Å²) in [6, 6.07) is 9.07. The van der Waals surface area contributed by atoms with Crippen LogP contribution < -0.4 is 19.0 Å². The number of hydrogen-bond donors (Lipinski definition) is 1. The fourth-order valence-corrected chi connectivity index (χ4v) is 2.98. The van der Waals surface area contributed by atoms with Crippen molar-refractivity contribution in [2.45, 2.75) is 4.90 Å². The summed E-state index contributed by atoms with van der Waals surface area (Å²) in [6.45, 7) is 0. The minimum Gasteiger partial charge on any atom is -0.493 e. The van der Waals surface area contributed by atoms with Gasteiger partial charge >= 0.3 is 0 Å². The lowest BCUT2D eigenvalue weighted by Gasteiger charge is -2.13. The van der Waals surface area contributed by atoms with Crippen LogP contribution in [0.5, 0.6) is 17.2 Å². The highest BCUT2D eigenvalue weighted by Gasteiger charge is 2.15. The Morgan fingerprint density at radius 1 is 0.960 bits per heavy atom. The summed E-state index contributed by atoms with van der Waals surface area (Å²) >= 11 is 5.75. The summed E-state index contributed by atoms with van der Waals surface area (Å²) < 4.78 is 40.1. The third kappa shape index (κ3) is 4.34. The van der Waals surface area contributed by atoms with Gasteiger partial charge in [0, 0.05) is 10.6 Å². The summed E-state index contributed by atoms with van der Waals surface area (Å²) in [5.41, 5.74) is 0.513. The van der Waals surface area contributed by atoms with Crippen LogP contribution in [-0.4, -0.2) is 36.0 Å². The van der Waals surface area contributed by atoms with Gasteiger partial charge in [-0.3, -0.25) is 0 Å². The first-order valence-corrected chi connectivity index (χ1v) is 8.88. The summed E-state index contributed by atoms with van der Waals surface area (Å²) in [6.07, 6.45) is 1.31. The molecule has 0 aliphatic rings. The lowest BCUT2D eigenvalue weighted by Crippen LogP contribution is -2.18. The van der Waals surface area contributed by atoms with Crippen LogP contribution in [0.15, 0.2) is 46.4 Å². The van der Waals surface area contributed by atoms with Crippen molar-refractivity contribution in [3.63, 3.8) is 0 Å². The van der Waals surface area contributed by atoms with Crippen molar-refractivity contribution in [1.82, 2.24) is 4.83 Å². The van der Waals surface area contributed by atoms with E-state index in [0.717, 1.165) is 0 Å². The van der Waals surface area contributed by atoms with E-state index >= 15 is 0 Å². The Balaban J connectivity index is 2.26. The number of methoxy groups -OCH3 is 3. The molecule has 1 N–H and O–H groups in total. The molecule has 2 aromatic carbocycles. The topological polar surface area (TPSA) is 86.2 Å². The molecule has 134 valence electrons. The van der Waals surface area contributed by atoms with Crippen LogP contribution in [-0.2, 0) is 10.0 Å². The molecular weight excluding hydrogens is 368 g/mol. The molecule has 0 atom stereocenters. The van der Waals surface area contributed by atoms with Crippen molar-refractivity contribution in [1.29, 1.82) is 0 Å². The van der Waals surface area contributed by atoms with Gasteiger partial charge in [-0.2, -0.15) is 13.5 Å². The molecule has 0 aliphatic heterocycles. The van der Waals surface area contributed by atoms with E-state index in [4.69, 9.17) is 25.8 Å². The highest BCUT2D eigenvalue weighted by molar-refractivity contribution is 7.89. The zero-order valence-electron chi connectivity index (χ0n) is 13.8. The quantitative estimate of drug-likeness (QED) is 0.586. The molecule has 0 fully saturated rings. The maximum atomic E-state index is 12.2. The monoisotopic (exact) mass is 384 g/mol. The molecular formula is C16H17ClN2O5S. The molecule has 0 bridgehead atoms. The molecule has 2 aromatic rings. The lowest BCUT2D eigenvalue weighted by atomic mass is 10.2. The second kappa shape index (κ2) is 8.09. The Morgan fingerprint density at radius 3 is 2.16 bits per heavy atom. The molecule has 0 spiro atoms. The molecule has 0 aliphatic carbocycles. The molecule has 7 nitrogen and oxygen atoms in total. The third-order valence-corrected chi connectivity index (χ3v) is 4.73. The minimum atomic E-state index is -3.80. The van der Waals surface area contributed by atoms with Crippen LogP contribution in [0.2, 0.25) is 5.02 Å². The molecule has 25 heavy (non-hydrogen) atoms. The van der Waals surface area contributed by atoms with E-state index in [1.165, 1.54) is 51.8 Å². The van der Waals surface area contributed by atoms with Gasteiger partial charge in [-0.05, 0) is 36.4 Å². The van der Waals surface area contributed by atoms with Gasteiger partial charge in [0.05, 0.1) is 32.4 Å². The zero-order chi connectivity index (χ0) is 18.4. The number of rotatable bonds is 7. The van der Waals surface area contributed by atoms with Crippen molar-refractivity contribution in [2.24, 2.45) is 5.10 Å². The fourth-order valence-electron chi connectivity index (χ4n) is 2.06. The van der Waals surface area contributed by atoms with Crippen LogP contribution in [0.4, 0.5) is 0 Å². The normalized spacial score (nSPS) is 11.4. The van der Waals surface area contributed by atoms with Crippen LogP contribution in [0.25, 0.3) is 0 Å². The van der Waals surface area contributed by atoms with Crippen molar-refractivity contribution >= 4 is 27.8 Å². The van der Waals surface area contributed by atoms with Crippen LogP contribution in [0.3, 0.4) is 0 Å². The first-order chi connectivity index (χ1) is 11.9. The van der Waals surface area contributed by atoms with E-state index in [9.17, 15) is 8.42 Å². The lowest BCUT2D eigenvalue weighted by molar-refractivity contribution is 0.324. The molecule has 0 saturated carbocycles. The summed E-state index contributed by atoms with van der Waals surface area (Å²) in [7, 11) is 0.648. The molecule has 9 heteroatoms. The average Bonchev–Trinajstić information content (AvgIpc) is 2.61. The first kappa shape index (κ1) is 18.9. The summed E-state index contributed by atoms with van der Waals surface area (Å²) in [5.74, 6) is 1.24. The van der Waals surface area contributed by atoms with Crippen LogP contribution in [0.1, 0.15) is 5.56 Å². The second-order valence-electron chi connectivity index (χ2n) is 4.73. The zero-order valence-corrected chi connectivity index (χ0v) is 15.4. The molecule has 0 unspecified atom stereocenters. The van der Waals surface area contributed by atoms with E-state index in [1.54, 1.807) is 12.1 Å². The Kier molecular flexibility index (Phi) is 6.11. The predicted molar refractivity (Wildman–Crippen MR) is 95.5 cm³/mol. The molecule has 0 amide bonds. The minimum absolute atomic E-state index is 0.0494.